The van der Waals surface area contributed by atoms with Crippen LogP contribution in [0.2, 0.25) is 0 Å². The van der Waals surface area contributed by atoms with Gasteiger partial charge in [-0.2, -0.15) is 0 Å². The Bertz CT molecular complexity index is 453. The molecule has 3 nitrogen and oxygen atoms in total. The van der Waals surface area contributed by atoms with Crippen LogP contribution < -0.4 is 0 Å². The lowest BCUT2D eigenvalue weighted by Crippen LogP contribution is -2.49. The molecule has 0 spiro atoms. The van der Waals surface area contributed by atoms with Crippen molar-refractivity contribution < 1.29 is 13.9 Å². The molecule has 0 bridgehead atoms. The van der Waals surface area contributed by atoms with E-state index in [1.54, 1.807) is 24.0 Å². The Hall–Kier alpha value is -0.940. The first-order valence-electron chi connectivity index (χ1n) is 5.84. The van der Waals surface area contributed by atoms with Crippen LogP contribution in [0.5, 0.6) is 0 Å². The fourth-order valence-corrected chi connectivity index (χ4v) is 2.48. The van der Waals surface area contributed by atoms with Crippen LogP contribution in [0.4, 0.5) is 4.39 Å². The van der Waals surface area contributed by atoms with E-state index in [4.69, 9.17) is 4.74 Å². The maximum absolute atomic E-state index is 13.5. The number of aryl methyl sites for hydroxylation is 1. The van der Waals surface area contributed by atoms with Crippen LogP contribution in [-0.2, 0) is 4.74 Å². The molecule has 1 fully saturated rings. The number of ether oxygens (including phenoxy) is 1. The van der Waals surface area contributed by atoms with Crippen molar-refractivity contribution in [1.82, 2.24) is 4.90 Å². The number of rotatable bonds is 2. The van der Waals surface area contributed by atoms with E-state index in [0.717, 1.165) is 0 Å². The zero-order valence-corrected chi connectivity index (χ0v) is 11.7. The van der Waals surface area contributed by atoms with Crippen molar-refractivity contribution in [3.05, 3.63) is 35.1 Å². The minimum Gasteiger partial charge on any atom is -0.377 e. The van der Waals surface area contributed by atoms with Crippen LogP contribution in [0.1, 0.15) is 15.9 Å². The number of nitrogens with zero attached hydrogens (tertiary/aromatic N) is 1. The van der Waals surface area contributed by atoms with Gasteiger partial charge in [-0.15, -0.1) is 0 Å². The average Bonchev–Trinajstić information content (AvgIpc) is 2.41. The van der Waals surface area contributed by atoms with Gasteiger partial charge in [-0.05, 0) is 24.6 Å². The first-order valence-corrected chi connectivity index (χ1v) is 6.96. The van der Waals surface area contributed by atoms with Crippen molar-refractivity contribution in [1.29, 1.82) is 0 Å². The van der Waals surface area contributed by atoms with Gasteiger partial charge in [0.1, 0.15) is 5.82 Å². The minimum atomic E-state index is -0.343. The van der Waals surface area contributed by atoms with E-state index >= 15 is 0 Å². The van der Waals surface area contributed by atoms with Gasteiger partial charge in [0.15, 0.2) is 0 Å². The molecule has 1 unspecified atom stereocenters. The molecule has 1 heterocycles. The Balaban J connectivity index is 2.21. The van der Waals surface area contributed by atoms with E-state index in [0.29, 0.717) is 36.2 Å². The molecule has 1 aliphatic heterocycles. The molecule has 0 N–H and O–H groups in total. The number of hydrogen-bond donors (Lipinski definition) is 0. The molecule has 1 saturated heterocycles. The molecule has 0 saturated carbocycles. The number of hydrogen-bond acceptors (Lipinski definition) is 2. The summed E-state index contributed by atoms with van der Waals surface area (Å²) in [6.45, 7) is 3.28. The van der Waals surface area contributed by atoms with Crippen molar-refractivity contribution in [2.24, 2.45) is 0 Å². The van der Waals surface area contributed by atoms with E-state index in [-0.39, 0.29) is 17.8 Å². The third-order valence-electron chi connectivity index (χ3n) is 3.09. The minimum absolute atomic E-state index is 0.00983. The topological polar surface area (TPSA) is 29.5 Å². The van der Waals surface area contributed by atoms with E-state index in [9.17, 15) is 9.18 Å². The number of carbonyl (C=O) groups is 1. The summed E-state index contributed by atoms with van der Waals surface area (Å²) in [7, 11) is 0. The molecule has 2 rings (SSSR count). The van der Waals surface area contributed by atoms with Crippen LogP contribution in [0.25, 0.3) is 0 Å². The highest BCUT2D eigenvalue weighted by atomic mass is 79.9. The summed E-state index contributed by atoms with van der Waals surface area (Å²) in [5.74, 6) is -0.480. The third kappa shape index (κ3) is 2.72. The average molecular weight is 316 g/mol. The second-order valence-corrected chi connectivity index (χ2v) is 4.99. The number of carbonyl (C=O) groups excluding carboxylic acids is 1. The van der Waals surface area contributed by atoms with Gasteiger partial charge in [-0.1, -0.05) is 22.0 Å². The molecule has 1 aromatic carbocycles. The van der Waals surface area contributed by atoms with Crippen molar-refractivity contribution in [2.75, 3.05) is 25.1 Å². The molecule has 18 heavy (non-hydrogen) atoms. The summed E-state index contributed by atoms with van der Waals surface area (Å²) in [4.78, 5) is 14.1. The van der Waals surface area contributed by atoms with Crippen LogP contribution in [0.3, 0.4) is 0 Å². The first kappa shape index (κ1) is 13.5. The van der Waals surface area contributed by atoms with Crippen LogP contribution in [-0.4, -0.2) is 41.9 Å². The molecular weight excluding hydrogens is 301 g/mol. The Kier molecular flexibility index (Phi) is 4.35. The fourth-order valence-electron chi connectivity index (χ4n) is 1.94. The number of morpholine rings is 1. The number of alkyl halides is 1. The van der Waals surface area contributed by atoms with Crippen LogP contribution in [0, 0.1) is 12.7 Å². The highest BCUT2D eigenvalue weighted by molar-refractivity contribution is 9.09. The van der Waals surface area contributed by atoms with Crippen molar-refractivity contribution in [3.63, 3.8) is 0 Å². The number of halogens is 2. The lowest BCUT2D eigenvalue weighted by molar-refractivity contribution is 0.00522. The SMILES string of the molecule is Cc1ccc(C(=O)N2CCOCC2CBr)cc1F. The van der Waals surface area contributed by atoms with Gasteiger partial charge in [0.25, 0.3) is 5.91 Å². The maximum Gasteiger partial charge on any atom is 0.254 e. The molecule has 1 aromatic rings. The van der Waals surface area contributed by atoms with E-state index in [2.05, 4.69) is 15.9 Å². The lowest BCUT2D eigenvalue weighted by atomic mass is 10.1. The predicted octanol–water partition coefficient (Wildman–Crippen LogP) is 2.37. The van der Waals surface area contributed by atoms with Gasteiger partial charge in [-0.3, -0.25) is 4.79 Å². The second kappa shape index (κ2) is 5.80. The molecule has 1 aliphatic rings. The molecule has 98 valence electrons. The molecule has 0 aliphatic carbocycles. The standard InChI is InChI=1S/C13H15BrFNO2/c1-9-2-3-10(6-12(9)15)13(17)16-4-5-18-8-11(16)7-14/h2-3,6,11H,4-5,7-8H2,1H3. The first-order chi connectivity index (χ1) is 8.63. The smallest absolute Gasteiger partial charge is 0.254 e. The van der Waals surface area contributed by atoms with Crippen LogP contribution in [0.15, 0.2) is 18.2 Å². The van der Waals surface area contributed by atoms with Gasteiger partial charge < -0.3 is 9.64 Å². The van der Waals surface area contributed by atoms with E-state index in [1.165, 1.54) is 6.07 Å². The molecular formula is C13H15BrFNO2. The summed E-state index contributed by atoms with van der Waals surface area (Å²) in [6, 6.07) is 4.61. The highest BCUT2D eigenvalue weighted by Gasteiger charge is 2.27. The van der Waals surface area contributed by atoms with Crippen molar-refractivity contribution in [2.45, 2.75) is 13.0 Å². The Morgan fingerprint density at radius 2 is 2.39 bits per heavy atom. The normalized spacial score (nSPS) is 19.9. The zero-order valence-electron chi connectivity index (χ0n) is 10.2. The zero-order chi connectivity index (χ0) is 13.1. The Labute approximate surface area is 114 Å². The summed E-state index contributed by atoms with van der Waals surface area (Å²) < 4.78 is 18.8. The van der Waals surface area contributed by atoms with Gasteiger partial charge >= 0.3 is 0 Å². The lowest BCUT2D eigenvalue weighted by Gasteiger charge is -2.34. The highest BCUT2D eigenvalue weighted by Crippen LogP contribution is 2.16. The van der Waals surface area contributed by atoms with Crippen molar-refractivity contribution >= 4 is 21.8 Å². The van der Waals surface area contributed by atoms with E-state index < -0.39 is 0 Å². The molecule has 0 radical (unpaired) electrons. The molecule has 1 amide bonds. The maximum atomic E-state index is 13.5. The predicted molar refractivity (Wildman–Crippen MR) is 70.6 cm³/mol. The largest absolute Gasteiger partial charge is 0.377 e. The summed E-state index contributed by atoms with van der Waals surface area (Å²) in [6.07, 6.45) is 0. The Morgan fingerprint density at radius 1 is 1.61 bits per heavy atom. The summed E-state index contributed by atoms with van der Waals surface area (Å²) >= 11 is 3.37. The molecule has 1 atom stereocenters. The van der Waals surface area contributed by atoms with Gasteiger partial charge in [-0.25, -0.2) is 4.39 Å². The van der Waals surface area contributed by atoms with Gasteiger partial charge in [0, 0.05) is 17.4 Å². The van der Waals surface area contributed by atoms with Crippen LogP contribution >= 0.6 is 15.9 Å². The van der Waals surface area contributed by atoms with E-state index in [1.807, 2.05) is 0 Å². The fraction of sp³-hybridized carbons (Fsp3) is 0.462. The molecule has 0 aromatic heterocycles. The summed E-state index contributed by atoms with van der Waals surface area (Å²) in [5.41, 5.74) is 0.941. The summed E-state index contributed by atoms with van der Waals surface area (Å²) in [5, 5.41) is 0.660. The quantitative estimate of drug-likeness (QED) is 0.784. The second-order valence-electron chi connectivity index (χ2n) is 4.35. The Morgan fingerprint density at radius 3 is 3.06 bits per heavy atom. The number of benzene rings is 1. The van der Waals surface area contributed by atoms with Gasteiger partial charge in [0.05, 0.1) is 19.3 Å². The van der Waals surface area contributed by atoms with Gasteiger partial charge in [0.2, 0.25) is 0 Å². The number of amides is 1. The monoisotopic (exact) mass is 315 g/mol. The third-order valence-corrected chi connectivity index (χ3v) is 3.83. The molecule has 5 heteroatoms. The van der Waals surface area contributed by atoms with Crippen molar-refractivity contribution in [3.8, 4) is 0 Å².